The smallest absolute Gasteiger partial charge is 0.246 e. The average Bonchev–Trinajstić information content (AvgIpc) is 2.00. The van der Waals surface area contributed by atoms with Crippen molar-refractivity contribution >= 4 is 5.91 Å². The number of amides is 1. The van der Waals surface area contributed by atoms with Crippen LogP contribution in [-0.4, -0.2) is 24.9 Å². The Hall–Kier alpha value is -1.31. The van der Waals surface area contributed by atoms with Crippen molar-refractivity contribution in [2.75, 3.05) is 14.1 Å². The van der Waals surface area contributed by atoms with Gasteiger partial charge in [0.05, 0.1) is 0 Å². The second-order valence-corrected chi connectivity index (χ2v) is 2.71. The number of carbonyl (C=O) groups excluding carboxylic acids is 1. The van der Waals surface area contributed by atoms with Gasteiger partial charge in [-0.1, -0.05) is 30.4 Å². The molecular weight excluding hydrogens is 150 g/mol. The number of carbonyl (C=O) groups is 1. The molecule has 66 valence electrons. The highest BCUT2D eigenvalue weighted by molar-refractivity contribution is 5.87. The molecule has 0 fully saturated rings. The predicted octanol–water partition coefficient (Wildman–Crippen LogP) is 1.76. The Morgan fingerprint density at radius 3 is 2.33 bits per heavy atom. The maximum atomic E-state index is 11.0. The molecule has 0 aromatic carbocycles. The Bertz CT molecular complexity index is 224. The topological polar surface area (TPSA) is 20.3 Å². The van der Waals surface area contributed by atoms with Gasteiger partial charge in [0.2, 0.25) is 5.91 Å². The van der Waals surface area contributed by atoms with E-state index in [9.17, 15) is 4.79 Å². The summed E-state index contributed by atoms with van der Waals surface area (Å²) in [4.78, 5) is 12.6. The van der Waals surface area contributed by atoms with Crippen LogP contribution in [0.4, 0.5) is 0 Å². The fourth-order valence-corrected chi connectivity index (χ4v) is 0.593. The van der Waals surface area contributed by atoms with Crippen LogP contribution in [0.3, 0.4) is 0 Å². The van der Waals surface area contributed by atoms with E-state index >= 15 is 0 Å². The lowest BCUT2D eigenvalue weighted by Crippen LogP contribution is -2.18. The van der Waals surface area contributed by atoms with E-state index in [0.717, 1.165) is 5.57 Å². The number of nitrogens with zero attached hydrogens (tertiary/aromatic N) is 1. The minimum absolute atomic E-state index is 0.00758. The zero-order valence-electron chi connectivity index (χ0n) is 7.87. The highest BCUT2D eigenvalue weighted by Gasteiger charge is 1.95. The SMILES string of the molecule is C=C/C=C(C)/C=C\C(=O)N(C)C. The van der Waals surface area contributed by atoms with Gasteiger partial charge < -0.3 is 4.90 Å². The summed E-state index contributed by atoms with van der Waals surface area (Å²) in [6, 6.07) is 0. The maximum absolute atomic E-state index is 11.0. The molecule has 2 heteroatoms. The van der Waals surface area contributed by atoms with Crippen LogP contribution in [0.5, 0.6) is 0 Å². The lowest BCUT2D eigenvalue weighted by molar-refractivity contribution is -0.123. The molecule has 0 bridgehead atoms. The van der Waals surface area contributed by atoms with Crippen molar-refractivity contribution in [2.45, 2.75) is 6.92 Å². The van der Waals surface area contributed by atoms with Gasteiger partial charge in [0.25, 0.3) is 0 Å². The largest absolute Gasteiger partial charge is 0.345 e. The number of hydrogen-bond donors (Lipinski definition) is 0. The Labute approximate surface area is 73.9 Å². The van der Waals surface area contributed by atoms with Crippen molar-refractivity contribution in [3.8, 4) is 0 Å². The molecule has 2 nitrogen and oxygen atoms in total. The highest BCUT2D eigenvalue weighted by Crippen LogP contribution is 1.95. The molecule has 0 N–H and O–H groups in total. The standard InChI is InChI=1S/C10H15NO/c1-5-6-9(2)7-8-10(12)11(3)4/h5-8H,1H2,2-4H3/b8-7-,9-6+. The van der Waals surface area contributed by atoms with Gasteiger partial charge in [-0.15, -0.1) is 0 Å². The van der Waals surface area contributed by atoms with E-state index in [1.807, 2.05) is 13.0 Å². The molecule has 0 aliphatic heterocycles. The van der Waals surface area contributed by atoms with Crippen LogP contribution in [-0.2, 0) is 4.79 Å². The van der Waals surface area contributed by atoms with Gasteiger partial charge >= 0.3 is 0 Å². The van der Waals surface area contributed by atoms with E-state index in [0.29, 0.717) is 0 Å². The number of rotatable bonds is 3. The Balaban J connectivity index is 4.16. The minimum Gasteiger partial charge on any atom is -0.345 e. The lowest BCUT2D eigenvalue weighted by atomic mass is 10.2. The van der Waals surface area contributed by atoms with Crippen LogP contribution in [0.2, 0.25) is 0 Å². The molecule has 0 unspecified atom stereocenters. The zero-order chi connectivity index (χ0) is 9.56. The first-order valence-corrected chi connectivity index (χ1v) is 3.76. The number of hydrogen-bond acceptors (Lipinski definition) is 1. The first-order valence-electron chi connectivity index (χ1n) is 3.76. The highest BCUT2D eigenvalue weighted by atomic mass is 16.2. The van der Waals surface area contributed by atoms with E-state index < -0.39 is 0 Å². The molecule has 0 aliphatic carbocycles. The minimum atomic E-state index is -0.00758. The van der Waals surface area contributed by atoms with Crippen molar-refractivity contribution in [3.05, 3.63) is 36.5 Å². The fraction of sp³-hybridized carbons (Fsp3) is 0.300. The molecule has 0 rings (SSSR count). The summed E-state index contributed by atoms with van der Waals surface area (Å²) >= 11 is 0. The first-order chi connectivity index (χ1) is 5.57. The molecule has 0 spiro atoms. The Kier molecular flexibility index (Phi) is 4.77. The summed E-state index contributed by atoms with van der Waals surface area (Å²) in [5.74, 6) is -0.00758. The molecular formula is C10H15NO. The molecule has 1 amide bonds. The summed E-state index contributed by atoms with van der Waals surface area (Å²) in [5, 5.41) is 0. The number of allylic oxidation sites excluding steroid dienone is 4. The van der Waals surface area contributed by atoms with Crippen molar-refractivity contribution in [2.24, 2.45) is 0 Å². The van der Waals surface area contributed by atoms with Gasteiger partial charge in [-0.3, -0.25) is 4.79 Å². The molecule has 0 aromatic heterocycles. The first kappa shape index (κ1) is 10.7. The third kappa shape index (κ3) is 4.50. The molecule has 0 atom stereocenters. The van der Waals surface area contributed by atoms with Crippen LogP contribution >= 0.6 is 0 Å². The number of likely N-dealkylation sites (N-methyl/N-ethyl adjacent to an activating group) is 1. The lowest BCUT2D eigenvalue weighted by Gasteiger charge is -2.04. The molecule has 0 aliphatic rings. The fourth-order valence-electron chi connectivity index (χ4n) is 0.593. The summed E-state index contributed by atoms with van der Waals surface area (Å²) in [6.07, 6.45) is 6.85. The Morgan fingerprint density at radius 1 is 1.33 bits per heavy atom. The summed E-state index contributed by atoms with van der Waals surface area (Å²) in [6.45, 7) is 5.48. The van der Waals surface area contributed by atoms with E-state index in [1.165, 1.54) is 11.0 Å². The van der Waals surface area contributed by atoms with Crippen LogP contribution < -0.4 is 0 Å². The second kappa shape index (κ2) is 5.35. The Morgan fingerprint density at radius 2 is 1.92 bits per heavy atom. The quantitative estimate of drug-likeness (QED) is 0.461. The third-order valence-electron chi connectivity index (χ3n) is 1.31. The maximum Gasteiger partial charge on any atom is 0.246 e. The van der Waals surface area contributed by atoms with Crippen LogP contribution in [0, 0.1) is 0 Å². The zero-order valence-corrected chi connectivity index (χ0v) is 7.87. The average molecular weight is 165 g/mol. The molecule has 0 heterocycles. The van der Waals surface area contributed by atoms with Gasteiger partial charge in [0.1, 0.15) is 0 Å². The molecule has 0 saturated carbocycles. The predicted molar refractivity (Wildman–Crippen MR) is 51.8 cm³/mol. The second-order valence-electron chi connectivity index (χ2n) is 2.71. The van der Waals surface area contributed by atoms with Crippen molar-refractivity contribution < 1.29 is 4.79 Å². The molecule has 0 saturated heterocycles. The molecule has 0 aromatic rings. The van der Waals surface area contributed by atoms with Gasteiger partial charge in [-0.2, -0.15) is 0 Å². The van der Waals surface area contributed by atoms with Crippen molar-refractivity contribution in [1.29, 1.82) is 0 Å². The van der Waals surface area contributed by atoms with Gasteiger partial charge in [0, 0.05) is 20.2 Å². The normalized spacial score (nSPS) is 11.8. The molecule has 0 radical (unpaired) electrons. The summed E-state index contributed by atoms with van der Waals surface area (Å²) in [5.41, 5.74) is 1.01. The van der Waals surface area contributed by atoms with Gasteiger partial charge in [-0.05, 0) is 6.92 Å². The summed E-state index contributed by atoms with van der Waals surface area (Å²) < 4.78 is 0. The van der Waals surface area contributed by atoms with Gasteiger partial charge in [-0.25, -0.2) is 0 Å². The van der Waals surface area contributed by atoms with Crippen LogP contribution in [0.1, 0.15) is 6.92 Å². The van der Waals surface area contributed by atoms with Gasteiger partial charge in [0.15, 0.2) is 0 Å². The molecule has 12 heavy (non-hydrogen) atoms. The van der Waals surface area contributed by atoms with Crippen molar-refractivity contribution in [1.82, 2.24) is 4.90 Å². The van der Waals surface area contributed by atoms with Crippen LogP contribution in [0.15, 0.2) is 36.5 Å². The summed E-state index contributed by atoms with van der Waals surface area (Å²) in [7, 11) is 3.44. The van der Waals surface area contributed by atoms with E-state index in [-0.39, 0.29) is 5.91 Å². The van der Waals surface area contributed by atoms with Crippen molar-refractivity contribution in [3.63, 3.8) is 0 Å². The van der Waals surface area contributed by atoms with E-state index in [4.69, 9.17) is 0 Å². The van der Waals surface area contributed by atoms with E-state index in [1.54, 1.807) is 26.2 Å². The monoisotopic (exact) mass is 165 g/mol. The van der Waals surface area contributed by atoms with E-state index in [2.05, 4.69) is 6.58 Å². The van der Waals surface area contributed by atoms with Crippen LogP contribution in [0.25, 0.3) is 0 Å². The third-order valence-corrected chi connectivity index (χ3v) is 1.31.